The van der Waals surface area contributed by atoms with E-state index in [2.05, 4.69) is 23.2 Å². The zero-order chi connectivity index (χ0) is 13.0. The topological polar surface area (TPSA) is 33.7 Å². The van der Waals surface area contributed by atoms with Crippen LogP contribution in [-0.4, -0.2) is 45.3 Å². The molecule has 1 N–H and O–H groups in total. The summed E-state index contributed by atoms with van der Waals surface area (Å²) in [5, 5.41) is 3.37. The molecule has 0 atom stereocenters. The molecule has 0 amide bonds. The fraction of sp³-hybridized carbons (Fsp3) is 0.571. The first-order chi connectivity index (χ1) is 8.74. The standard InChI is InChI=1S/C14H22N2O2/c1-11-8-13(17-2)9-12(14(11)18-3)10-16-6-4-15-5-7-16/h8-9,15H,4-7,10H2,1-3H3. The van der Waals surface area contributed by atoms with Crippen LogP contribution in [0.25, 0.3) is 0 Å². The van der Waals surface area contributed by atoms with E-state index in [0.717, 1.165) is 49.8 Å². The van der Waals surface area contributed by atoms with Crippen LogP contribution in [0.1, 0.15) is 11.1 Å². The molecule has 0 bridgehead atoms. The van der Waals surface area contributed by atoms with Crippen molar-refractivity contribution in [3.05, 3.63) is 23.3 Å². The molecule has 1 heterocycles. The molecule has 18 heavy (non-hydrogen) atoms. The fourth-order valence-corrected chi connectivity index (χ4v) is 2.45. The van der Waals surface area contributed by atoms with Gasteiger partial charge in [-0.15, -0.1) is 0 Å². The predicted octanol–water partition coefficient (Wildman–Crippen LogP) is 1.42. The number of nitrogens with zero attached hydrogens (tertiary/aromatic N) is 1. The molecular formula is C14H22N2O2. The van der Waals surface area contributed by atoms with Crippen LogP contribution in [0, 0.1) is 6.92 Å². The Morgan fingerprint density at radius 3 is 2.50 bits per heavy atom. The van der Waals surface area contributed by atoms with Gasteiger partial charge in [0.15, 0.2) is 0 Å². The van der Waals surface area contributed by atoms with Gasteiger partial charge in [-0.3, -0.25) is 4.90 Å². The van der Waals surface area contributed by atoms with E-state index in [4.69, 9.17) is 9.47 Å². The smallest absolute Gasteiger partial charge is 0.126 e. The van der Waals surface area contributed by atoms with Crippen molar-refractivity contribution in [1.29, 1.82) is 0 Å². The summed E-state index contributed by atoms with van der Waals surface area (Å²) in [5.41, 5.74) is 2.33. The van der Waals surface area contributed by atoms with Crippen molar-refractivity contribution in [2.24, 2.45) is 0 Å². The minimum absolute atomic E-state index is 0.901. The lowest BCUT2D eigenvalue weighted by Gasteiger charge is -2.28. The highest BCUT2D eigenvalue weighted by Crippen LogP contribution is 2.29. The molecule has 1 aliphatic rings. The predicted molar refractivity (Wildman–Crippen MR) is 72.4 cm³/mol. The van der Waals surface area contributed by atoms with E-state index in [1.165, 1.54) is 5.56 Å². The molecule has 0 radical (unpaired) electrons. The number of hydrogen-bond donors (Lipinski definition) is 1. The first-order valence-electron chi connectivity index (χ1n) is 6.39. The Kier molecular flexibility index (Phi) is 4.44. The van der Waals surface area contributed by atoms with Gasteiger partial charge in [0.2, 0.25) is 0 Å². The summed E-state index contributed by atoms with van der Waals surface area (Å²) in [6.07, 6.45) is 0. The molecule has 4 nitrogen and oxygen atoms in total. The summed E-state index contributed by atoms with van der Waals surface area (Å²) in [6.45, 7) is 7.26. The maximum Gasteiger partial charge on any atom is 0.126 e. The Balaban J connectivity index is 2.20. The molecule has 1 aliphatic heterocycles. The number of methoxy groups -OCH3 is 2. The number of piperazine rings is 1. The van der Waals surface area contributed by atoms with Crippen LogP contribution in [0.5, 0.6) is 11.5 Å². The van der Waals surface area contributed by atoms with Gasteiger partial charge in [0, 0.05) is 38.3 Å². The average molecular weight is 250 g/mol. The van der Waals surface area contributed by atoms with Gasteiger partial charge in [-0.1, -0.05) is 0 Å². The van der Waals surface area contributed by atoms with Crippen LogP contribution in [0.3, 0.4) is 0 Å². The average Bonchev–Trinajstić information content (AvgIpc) is 2.39. The first-order valence-corrected chi connectivity index (χ1v) is 6.39. The van der Waals surface area contributed by atoms with E-state index >= 15 is 0 Å². The lowest BCUT2D eigenvalue weighted by Crippen LogP contribution is -2.42. The number of ether oxygens (including phenoxy) is 2. The second kappa shape index (κ2) is 6.07. The minimum atomic E-state index is 0.901. The van der Waals surface area contributed by atoms with Gasteiger partial charge < -0.3 is 14.8 Å². The Hall–Kier alpha value is -1.26. The Morgan fingerprint density at radius 1 is 1.17 bits per heavy atom. The van der Waals surface area contributed by atoms with Crippen LogP contribution in [0.15, 0.2) is 12.1 Å². The molecule has 0 aromatic heterocycles. The molecule has 2 rings (SSSR count). The quantitative estimate of drug-likeness (QED) is 0.876. The number of benzene rings is 1. The summed E-state index contributed by atoms with van der Waals surface area (Å²) in [7, 11) is 3.44. The van der Waals surface area contributed by atoms with E-state index in [1.807, 2.05) is 6.07 Å². The maximum atomic E-state index is 5.52. The van der Waals surface area contributed by atoms with Crippen molar-refractivity contribution in [2.75, 3.05) is 40.4 Å². The van der Waals surface area contributed by atoms with Crippen molar-refractivity contribution < 1.29 is 9.47 Å². The van der Waals surface area contributed by atoms with Gasteiger partial charge in [0.1, 0.15) is 11.5 Å². The van der Waals surface area contributed by atoms with Gasteiger partial charge in [-0.25, -0.2) is 0 Å². The van der Waals surface area contributed by atoms with E-state index in [0.29, 0.717) is 0 Å². The Labute approximate surface area is 109 Å². The second-order valence-corrected chi connectivity index (χ2v) is 4.66. The lowest BCUT2D eigenvalue weighted by atomic mass is 10.1. The van der Waals surface area contributed by atoms with Crippen LogP contribution in [0.2, 0.25) is 0 Å². The van der Waals surface area contributed by atoms with E-state index in [9.17, 15) is 0 Å². The van der Waals surface area contributed by atoms with Crippen molar-refractivity contribution in [1.82, 2.24) is 10.2 Å². The molecule has 1 saturated heterocycles. The molecule has 0 unspecified atom stereocenters. The van der Waals surface area contributed by atoms with Crippen molar-refractivity contribution in [2.45, 2.75) is 13.5 Å². The third-order valence-corrected chi connectivity index (χ3v) is 3.37. The third-order valence-electron chi connectivity index (χ3n) is 3.37. The molecule has 1 fully saturated rings. The van der Waals surface area contributed by atoms with Crippen molar-refractivity contribution >= 4 is 0 Å². The van der Waals surface area contributed by atoms with E-state index in [1.54, 1.807) is 14.2 Å². The molecule has 0 spiro atoms. The number of aryl methyl sites for hydroxylation is 1. The summed E-state index contributed by atoms with van der Waals surface area (Å²) in [4.78, 5) is 2.44. The van der Waals surface area contributed by atoms with E-state index in [-0.39, 0.29) is 0 Å². The molecule has 4 heteroatoms. The Bertz CT molecular complexity index is 401. The summed E-state index contributed by atoms with van der Waals surface area (Å²) < 4.78 is 10.9. The summed E-state index contributed by atoms with van der Waals surface area (Å²) >= 11 is 0. The number of hydrogen-bond acceptors (Lipinski definition) is 4. The third kappa shape index (κ3) is 2.94. The van der Waals surface area contributed by atoms with Gasteiger partial charge in [-0.2, -0.15) is 0 Å². The molecule has 1 aromatic carbocycles. The Morgan fingerprint density at radius 2 is 1.89 bits per heavy atom. The van der Waals surface area contributed by atoms with Crippen LogP contribution < -0.4 is 14.8 Å². The second-order valence-electron chi connectivity index (χ2n) is 4.66. The SMILES string of the molecule is COc1cc(C)c(OC)c(CN2CCNCC2)c1. The number of rotatable bonds is 4. The minimum Gasteiger partial charge on any atom is -0.497 e. The first kappa shape index (κ1) is 13.2. The van der Waals surface area contributed by atoms with Crippen molar-refractivity contribution in [3.63, 3.8) is 0 Å². The molecule has 0 aliphatic carbocycles. The summed E-state index contributed by atoms with van der Waals surface area (Å²) in [6, 6.07) is 4.09. The highest BCUT2D eigenvalue weighted by molar-refractivity contribution is 5.46. The summed E-state index contributed by atoms with van der Waals surface area (Å²) in [5.74, 6) is 1.88. The lowest BCUT2D eigenvalue weighted by molar-refractivity contribution is 0.229. The van der Waals surface area contributed by atoms with E-state index < -0.39 is 0 Å². The van der Waals surface area contributed by atoms with Gasteiger partial charge in [0.25, 0.3) is 0 Å². The van der Waals surface area contributed by atoms with Crippen LogP contribution >= 0.6 is 0 Å². The maximum absolute atomic E-state index is 5.52. The monoisotopic (exact) mass is 250 g/mol. The highest BCUT2D eigenvalue weighted by Gasteiger charge is 2.15. The van der Waals surface area contributed by atoms with Gasteiger partial charge >= 0.3 is 0 Å². The molecule has 1 aromatic rings. The van der Waals surface area contributed by atoms with Crippen LogP contribution in [0.4, 0.5) is 0 Å². The van der Waals surface area contributed by atoms with Gasteiger partial charge in [-0.05, 0) is 24.6 Å². The molecule has 0 saturated carbocycles. The van der Waals surface area contributed by atoms with Crippen molar-refractivity contribution in [3.8, 4) is 11.5 Å². The van der Waals surface area contributed by atoms with Gasteiger partial charge in [0.05, 0.1) is 14.2 Å². The fourth-order valence-electron chi connectivity index (χ4n) is 2.45. The zero-order valence-electron chi connectivity index (χ0n) is 11.5. The molecular weight excluding hydrogens is 228 g/mol. The van der Waals surface area contributed by atoms with Crippen LogP contribution in [-0.2, 0) is 6.54 Å². The normalized spacial score (nSPS) is 16.6. The molecule has 100 valence electrons. The zero-order valence-corrected chi connectivity index (χ0v) is 11.5. The highest BCUT2D eigenvalue weighted by atomic mass is 16.5. The largest absolute Gasteiger partial charge is 0.497 e. The number of nitrogens with one attached hydrogen (secondary N) is 1.